The van der Waals surface area contributed by atoms with Crippen LogP contribution in [0, 0.1) is 12.7 Å². The number of aryl methyl sites for hydroxylation is 1. The first kappa shape index (κ1) is 14.5. The number of benzene rings is 2. The van der Waals surface area contributed by atoms with Crippen LogP contribution in [0.2, 0.25) is 0 Å². The third-order valence-corrected chi connectivity index (χ3v) is 4.15. The molecule has 0 radical (unpaired) electrons. The molecular weight excluding hydrogens is 299 g/mol. The van der Waals surface area contributed by atoms with E-state index in [1.54, 1.807) is 25.4 Å². The first-order valence-corrected chi connectivity index (χ1v) is 7.79. The minimum atomic E-state index is -0.201. The van der Waals surface area contributed by atoms with Gasteiger partial charge in [-0.3, -0.25) is 9.97 Å². The molecule has 0 aliphatic heterocycles. The maximum absolute atomic E-state index is 13.6. The van der Waals surface area contributed by atoms with Crippen LogP contribution in [-0.4, -0.2) is 9.97 Å². The van der Waals surface area contributed by atoms with Crippen molar-refractivity contribution in [1.29, 1.82) is 0 Å². The molecular formula is C21H15FN2. The van der Waals surface area contributed by atoms with Crippen molar-refractivity contribution >= 4 is 10.9 Å². The van der Waals surface area contributed by atoms with E-state index in [9.17, 15) is 4.39 Å². The molecule has 0 aliphatic rings. The summed E-state index contributed by atoms with van der Waals surface area (Å²) < 4.78 is 13.6. The van der Waals surface area contributed by atoms with Crippen LogP contribution < -0.4 is 0 Å². The van der Waals surface area contributed by atoms with E-state index in [1.165, 1.54) is 6.07 Å². The van der Waals surface area contributed by atoms with Gasteiger partial charge in [0, 0.05) is 28.9 Å². The normalized spacial score (nSPS) is 10.9. The number of pyridine rings is 2. The molecule has 0 atom stereocenters. The maximum atomic E-state index is 13.6. The second-order valence-corrected chi connectivity index (χ2v) is 5.77. The van der Waals surface area contributed by atoms with Crippen molar-refractivity contribution in [2.45, 2.75) is 6.92 Å². The minimum absolute atomic E-state index is 0.201. The Morgan fingerprint density at radius 3 is 2.46 bits per heavy atom. The summed E-state index contributed by atoms with van der Waals surface area (Å²) >= 11 is 0. The third-order valence-electron chi connectivity index (χ3n) is 4.15. The molecule has 2 nitrogen and oxygen atoms in total. The quantitative estimate of drug-likeness (QED) is 0.494. The van der Waals surface area contributed by atoms with Crippen molar-refractivity contribution in [2.24, 2.45) is 0 Å². The maximum Gasteiger partial charge on any atom is 0.126 e. The Labute approximate surface area is 139 Å². The second kappa shape index (κ2) is 5.85. The van der Waals surface area contributed by atoms with E-state index in [1.807, 2.05) is 42.5 Å². The van der Waals surface area contributed by atoms with Gasteiger partial charge in [0.05, 0.1) is 11.2 Å². The molecule has 116 valence electrons. The zero-order chi connectivity index (χ0) is 16.5. The summed E-state index contributed by atoms with van der Waals surface area (Å²) in [5.74, 6) is -0.201. The summed E-state index contributed by atoms with van der Waals surface area (Å²) in [6.45, 7) is 1.77. The van der Waals surface area contributed by atoms with Crippen molar-refractivity contribution in [2.75, 3.05) is 0 Å². The Hall–Kier alpha value is -3.07. The first-order chi connectivity index (χ1) is 11.7. The molecule has 4 aromatic rings. The van der Waals surface area contributed by atoms with Crippen LogP contribution >= 0.6 is 0 Å². The molecule has 0 N–H and O–H groups in total. The number of hydrogen-bond donors (Lipinski definition) is 0. The minimum Gasteiger partial charge on any atom is -0.256 e. The van der Waals surface area contributed by atoms with Crippen LogP contribution in [0.1, 0.15) is 5.56 Å². The van der Waals surface area contributed by atoms with Crippen molar-refractivity contribution < 1.29 is 4.39 Å². The smallest absolute Gasteiger partial charge is 0.126 e. The van der Waals surface area contributed by atoms with Gasteiger partial charge < -0.3 is 0 Å². The lowest BCUT2D eigenvalue weighted by Crippen LogP contribution is -1.91. The number of fused-ring (bicyclic) bond motifs is 1. The van der Waals surface area contributed by atoms with Crippen LogP contribution in [0.4, 0.5) is 4.39 Å². The van der Waals surface area contributed by atoms with Crippen molar-refractivity contribution in [1.82, 2.24) is 9.97 Å². The predicted octanol–water partition coefficient (Wildman–Crippen LogP) is 5.41. The van der Waals surface area contributed by atoms with Crippen molar-refractivity contribution in [3.8, 4) is 22.4 Å². The summed E-state index contributed by atoms with van der Waals surface area (Å²) in [5, 5.41) is 1.08. The number of hydrogen-bond acceptors (Lipinski definition) is 2. The van der Waals surface area contributed by atoms with Crippen LogP contribution in [-0.2, 0) is 0 Å². The Morgan fingerprint density at radius 1 is 0.792 bits per heavy atom. The van der Waals surface area contributed by atoms with E-state index >= 15 is 0 Å². The zero-order valence-electron chi connectivity index (χ0n) is 13.2. The number of rotatable bonds is 2. The molecule has 2 aromatic heterocycles. The second-order valence-electron chi connectivity index (χ2n) is 5.77. The summed E-state index contributed by atoms with van der Waals surface area (Å²) in [6, 6.07) is 19.2. The van der Waals surface area contributed by atoms with Crippen LogP contribution in [0.3, 0.4) is 0 Å². The number of nitrogens with zero attached hydrogens (tertiary/aromatic N) is 2. The highest BCUT2D eigenvalue weighted by Gasteiger charge is 2.10. The summed E-state index contributed by atoms with van der Waals surface area (Å²) in [6.07, 6.45) is 3.55. The molecule has 24 heavy (non-hydrogen) atoms. The van der Waals surface area contributed by atoms with E-state index in [-0.39, 0.29) is 5.82 Å². The topological polar surface area (TPSA) is 25.8 Å². The third kappa shape index (κ3) is 2.54. The zero-order valence-corrected chi connectivity index (χ0v) is 13.2. The molecule has 0 bridgehead atoms. The highest BCUT2D eigenvalue weighted by atomic mass is 19.1. The Bertz CT molecular complexity index is 1040. The lowest BCUT2D eigenvalue weighted by atomic mass is 9.97. The van der Waals surface area contributed by atoms with Gasteiger partial charge in [0.15, 0.2) is 0 Å². The number of halogens is 1. The molecule has 3 heteroatoms. The molecule has 0 saturated heterocycles. The van der Waals surface area contributed by atoms with Crippen LogP contribution in [0.25, 0.3) is 33.3 Å². The Morgan fingerprint density at radius 2 is 1.58 bits per heavy atom. The predicted molar refractivity (Wildman–Crippen MR) is 95.1 cm³/mol. The van der Waals surface area contributed by atoms with E-state index in [0.29, 0.717) is 5.56 Å². The van der Waals surface area contributed by atoms with Gasteiger partial charge in [-0.05, 0) is 60.5 Å². The van der Waals surface area contributed by atoms with Crippen molar-refractivity contribution in [3.05, 3.63) is 84.4 Å². The molecule has 4 rings (SSSR count). The Balaban J connectivity index is 1.90. The van der Waals surface area contributed by atoms with E-state index in [2.05, 4.69) is 16.0 Å². The Kier molecular flexibility index (Phi) is 3.54. The lowest BCUT2D eigenvalue weighted by Gasteiger charge is -2.10. The fourth-order valence-electron chi connectivity index (χ4n) is 2.90. The summed E-state index contributed by atoms with van der Waals surface area (Å²) in [7, 11) is 0. The van der Waals surface area contributed by atoms with Gasteiger partial charge in [0.2, 0.25) is 0 Å². The summed E-state index contributed by atoms with van der Waals surface area (Å²) in [4.78, 5) is 8.90. The average Bonchev–Trinajstić information content (AvgIpc) is 2.63. The average molecular weight is 314 g/mol. The molecule has 0 spiro atoms. The fourth-order valence-corrected chi connectivity index (χ4v) is 2.90. The first-order valence-electron chi connectivity index (χ1n) is 7.79. The van der Waals surface area contributed by atoms with Crippen LogP contribution in [0.5, 0.6) is 0 Å². The molecule has 0 aliphatic carbocycles. The monoisotopic (exact) mass is 314 g/mol. The standard InChI is InChI=1S/C21H15FN2/c1-14-12-17(6-8-19(14)22)21-18(5-3-11-24-21)15-7-9-20-16(13-15)4-2-10-23-20/h2-13H,1H3. The number of aromatic nitrogens is 2. The fraction of sp³-hybridized carbons (Fsp3) is 0.0476. The molecule has 0 saturated carbocycles. The van der Waals surface area contributed by atoms with Crippen molar-refractivity contribution in [3.63, 3.8) is 0 Å². The molecule has 2 aromatic carbocycles. The molecule has 0 amide bonds. The SMILES string of the molecule is Cc1cc(-c2ncccc2-c2ccc3ncccc3c2)ccc1F. The van der Waals surface area contributed by atoms with Gasteiger partial charge in [-0.2, -0.15) is 0 Å². The van der Waals surface area contributed by atoms with Gasteiger partial charge in [0.25, 0.3) is 0 Å². The van der Waals surface area contributed by atoms with Crippen LogP contribution in [0.15, 0.2) is 73.1 Å². The van der Waals surface area contributed by atoms with Gasteiger partial charge in [-0.25, -0.2) is 4.39 Å². The van der Waals surface area contributed by atoms with Gasteiger partial charge in [-0.15, -0.1) is 0 Å². The lowest BCUT2D eigenvalue weighted by molar-refractivity contribution is 0.619. The van der Waals surface area contributed by atoms with E-state index in [4.69, 9.17) is 0 Å². The van der Waals surface area contributed by atoms with Gasteiger partial charge >= 0.3 is 0 Å². The molecule has 0 fully saturated rings. The van der Waals surface area contributed by atoms with E-state index in [0.717, 1.165) is 33.3 Å². The molecule has 2 heterocycles. The van der Waals surface area contributed by atoms with Gasteiger partial charge in [0.1, 0.15) is 5.82 Å². The van der Waals surface area contributed by atoms with Gasteiger partial charge in [-0.1, -0.05) is 18.2 Å². The highest BCUT2D eigenvalue weighted by molar-refractivity contribution is 5.88. The van der Waals surface area contributed by atoms with E-state index < -0.39 is 0 Å². The molecule has 0 unspecified atom stereocenters. The largest absolute Gasteiger partial charge is 0.256 e. The highest BCUT2D eigenvalue weighted by Crippen LogP contribution is 2.32. The summed E-state index contributed by atoms with van der Waals surface area (Å²) in [5.41, 5.74) is 5.44.